The van der Waals surface area contributed by atoms with Crippen LogP contribution in [0.1, 0.15) is 45.4 Å². The van der Waals surface area contributed by atoms with Gasteiger partial charge in [-0.25, -0.2) is 0 Å². The molecule has 156 valence electrons. The van der Waals surface area contributed by atoms with E-state index in [2.05, 4.69) is 16.0 Å². The highest BCUT2D eigenvalue weighted by Crippen LogP contribution is 2.60. The lowest BCUT2D eigenvalue weighted by Gasteiger charge is -2.55. The third-order valence-corrected chi connectivity index (χ3v) is 6.74. The topological polar surface area (TPSA) is 96.5 Å². The fourth-order valence-electron chi connectivity index (χ4n) is 5.98. The van der Waals surface area contributed by atoms with E-state index >= 15 is 0 Å². The molecule has 0 radical (unpaired) electrons. The minimum Gasteiger partial charge on any atom is -0.497 e. The van der Waals surface area contributed by atoms with Crippen LogP contribution in [0.3, 0.4) is 0 Å². The van der Waals surface area contributed by atoms with E-state index in [1.807, 2.05) is 0 Å². The second-order valence-electron chi connectivity index (χ2n) is 9.02. The number of hydrogen-bond acceptors (Lipinski definition) is 4. The summed E-state index contributed by atoms with van der Waals surface area (Å²) in [5.74, 6) is 2.06. The molecule has 0 unspecified atom stereocenters. The quantitative estimate of drug-likeness (QED) is 0.685. The molecule has 3 N–H and O–H groups in total. The number of carbonyl (C=O) groups excluding carboxylic acids is 3. The monoisotopic (exact) mass is 399 g/mol. The fourth-order valence-corrected chi connectivity index (χ4v) is 5.98. The zero-order valence-corrected chi connectivity index (χ0v) is 17.0. The third kappa shape index (κ3) is 4.09. The Kier molecular flexibility index (Phi) is 5.23. The maximum absolute atomic E-state index is 13.0. The molecule has 7 heteroatoms. The van der Waals surface area contributed by atoms with Gasteiger partial charge in [-0.2, -0.15) is 0 Å². The largest absolute Gasteiger partial charge is 0.497 e. The molecule has 29 heavy (non-hydrogen) atoms. The Morgan fingerprint density at radius 2 is 1.62 bits per heavy atom. The highest BCUT2D eigenvalue weighted by Gasteiger charge is 2.54. The summed E-state index contributed by atoms with van der Waals surface area (Å²) in [4.78, 5) is 36.9. The Morgan fingerprint density at radius 3 is 2.17 bits per heavy atom. The Labute approximate surface area is 171 Å². The van der Waals surface area contributed by atoms with E-state index in [1.54, 1.807) is 18.2 Å². The summed E-state index contributed by atoms with van der Waals surface area (Å²) in [6.45, 7) is 1.32. The minimum atomic E-state index is -0.331. The predicted octanol–water partition coefficient (Wildman–Crippen LogP) is 2.92. The van der Waals surface area contributed by atoms with Crippen molar-refractivity contribution in [3.63, 3.8) is 0 Å². The molecule has 0 heterocycles. The normalized spacial score (nSPS) is 29.2. The Bertz CT molecular complexity index is 800. The van der Waals surface area contributed by atoms with E-state index < -0.39 is 0 Å². The molecule has 0 aliphatic heterocycles. The Hall–Kier alpha value is -2.57. The third-order valence-electron chi connectivity index (χ3n) is 6.74. The van der Waals surface area contributed by atoms with Gasteiger partial charge >= 0.3 is 0 Å². The molecular weight excluding hydrogens is 370 g/mol. The highest BCUT2D eigenvalue weighted by atomic mass is 16.5. The van der Waals surface area contributed by atoms with Crippen LogP contribution in [0, 0.1) is 23.2 Å². The van der Waals surface area contributed by atoms with Crippen LogP contribution in [0.15, 0.2) is 18.2 Å². The number of carbonyl (C=O) groups is 3. The second kappa shape index (κ2) is 7.69. The van der Waals surface area contributed by atoms with Crippen LogP contribution in [0.5, 0.6) is 5.75 Å². The number of amides is 3. The summed E-state index contributed by atoms with van der Waals surface area (Å²) in [6.07, 6.45) is 6.72. The fraction of sp³-hybridized carbons (Fsp3) is 0.591. The van der Waals surface area contributed by atoms with Crippen LogP contribution < -0.4 is 20.7 Å². The number of nitrogens with one attached hydrogen (secondary N) is 3. The Morgan fingerprint density at radius 1 is 1.00 bits per heavy atom. The van der Waals surface area contributed by atoms with Gasteiger partial charge in [0.05, 0.1) is 25.0 Å². The van der Waals surface area contributed by atoms with Gasteiger partial charge in [0.25, 0.3) is 0 Å². The van der Waals surface area contributed by atoms with Gasteiger partial charge in [-0.1, -0.05) is 0 Å². The van der Waals surface area contributed by atoms with Gasteiger partial charge in [-0.05, 0) is 68.4 Å². The number of anilines is 2. The first-order valence-electron chi connectivity index (χ1n) is 10.4. The summed E-state index contributed by atoms with van der Waals surface area (Å²) in [5.41, 5.74) is 0.652. The highest BCUT2D eigenvalue weighted by molar-refractivity contribution is 6.01. The van der Waals surface area contributed by atoms with Gasteiger partial charge in [0.2, 0.25) is 17.7 Å². The lowest BCUT2D eigenvalue weighted by atomic mass is 9.49. The molecule has 7 nitrogen and oxygen atoms in total. The van der Waals surface area contributed by atoms with Gasteiger partial charge in [0.1, 0.15) is 5.75 Å². The minimum absolute atomic E-state index is 0.0273. The lowest BCUT2D eigenvalue weighted by molar-refractivity contribution is -0.146. The van der Waals surface area contributed by atoms with Crippen LogP contribution in [0.25, 0.3) is 0 Å². The van der Waals surface area contributed by atoms with Crippen molar-refractivity contribution in [2.24, 2.45) is 23.2 Å². The summed E-state index contributed by atoms with van der Waals surface area (Å²) < 4.78 is 5.20. The van der Waals surface area contributed by atoms with E-state index in [4.69, 9.17) is 4.74 Å². The van der Waals surface area contributed by atoms with Crippen molar-refractivity contribution in [2.45, 2.75) is 45.4 Å². The average molecular weight is 399 g/mol. The molecule has 4 bridgehead atoms. The van der Waals surface area contributed by atoms with Crippen LogP contribution in [-0.2, 0) is 14.4 Å². The van der Waals surface area contributed by atoms with Gasteiger partial charge in [-0.3, -0.25) is 14.4 Å². The molecule has 0 atom stereocenters. The van der Waals surface area contributed by atoms with Crippen molar-refractivity contribution >= 4 is 29.1 Å². The molecule has 4 saturated carbocycles. The first kappa shape index (κ1) is 19.7. The number of ether oxygens (including phenoxy) is 1. The molecule has 0 saturated heterocycles. The summed E-state index contributed by atoms with van der Waals surface area (Å²) in [5, 5.41) is 8.34. The van der Waals surface area contributed by atoms with Gasteiger partial charge in [0.15, 0.2) is 0 Å². The molecule has 4 aliphatic carbocycles. The van der Waals surface area contributed by atoms with Crippen LogP contribution in [-0.4, -0.2) is 31.4 Å². The summed E-state index contributed by atoms with van der Waals surface area (Å²) >= 11 is 0. The van der Waals surface area contributed by atoms with Crippen molar-refractivity contribution in [1.82, 2.24) is 5.32 Å². The standard InChI is InChI=1S/C22H29N3O4/c1-13(26)24-18-4-3-17(29-2)8-19(18)25-20(27)12-23-21(28)22-9-14-5-15(10-22)7-16(6-14)11-22/h3-4,8,14-16H,5-7,9-12H2,1-2H3,(H,23,28)(H,24,26)(H,25,27). The van der Waals surface area contributed by atoms with Crippen molar-refractivity contribution in [1.29, 1.82) is 0 Å². The predicted molar refractivity (Wildman–Crippen MR) is 110 cm³/mol. The van der Waals surface area contributed by atoms with Crippen molar-refractivity contribution < 1.29 is 19.1 Å². The molecular formula is C22H29N3O4. The SMILES string of the molecule is COc1ccc(NC(C)=O)c(NC(=O)CNC(=O)C23CC4CC(CC(C4)C2)C3)c1. The van der Waals surface area contributed by atoms with E-state index in [9.17, 15) is 14.4 Å². The number of hydrogen-bond donors (Lipinski definition) is 3. The van der Waals surface area contributed by atoms with E-state index in [1.165, 1.54) is 33.3 Å². The molecule has 4 fully saturated rings. The van der Waals surface area contributed by atoms with Crippen LogP contribution in [0.2, 0.25) is 0 Å². The molecule has 1 aromatic rings. The maximum Gasteiger partial charge on any atom is 0.243 e. The lowest BCUT2D eigenvalue weighted by Crippen LogP contribution is -2.54. The van der Waals surface area contributed by atoms with E-state index in [-0.39, 0.29) is 29.7 Å². The molecule has 0 spiro atoms. The first-order chi connectivity index (χ1) is 13.9. The zero-order chi connectivity index (χ0) is 20.6. The summed E-state index contributed by atoms with van der Waals surface area (Å²) in [7, 11) is 1.53. The number of methoxy groups -OCH3 is 1. The molecule has 4 aliphatic rings. The van der Waals surface area contributed by atoms with E-state index in [0.717, 1.165) is 19.3 Å². The van der Waals surface area contributed by atoms with Gasteiger partial charge in [-0.15, -0.1) is 0 Å². The van der Waals surface area contributed by atoms with E-state index in [0.29, 0.717) is 34.9 Å². The molecule has 5 rings (SSSR count). The van der Waals surface area contributed by atoms with Crippen molar-refractivity contribution in [2.75, 3.05) is 24.3 Å². The molecule has 1 aromatic carbocycles. The second-order valence-corrected chi connectivity index (χ2v) is 9.02. The smallest absolute Gasteiger partial charge is 0.243 e. The van der Waals surface area contributed by atoms with Gasteiger partial charge in [0, 0.05) is 18.4 Å². The molecule has 3 amide bonds. The van der Waals surface area contributed by atoms with Gasteiger partial charge < -0.3 is 20.7 Å². The first-order valence-corrected chi connectivity index (χ1v) is 10.4. The van der Waals surface area contributed by atoms with Crippen molar-refractivity contribution in [3.05, 3.63) is 18.2 Å². The molecule has 0 aromatic heterocycles. The van der Waals surface area contributed by atoms with Crippen LogP contribution >= 0.6 is 0 Å². The number of benzene rings is 1. The average Bonchev–Trinajstić information content (AvgIpc) is 2.66. The van der Waals surface area contributed by atoms with Crippen molar-refractivity contribution in [3.8, 4) is 5.75 Å². The maximum atomic E-state index is 13.0. The zero-order valence-electron chi connectivity index (χ0n) is 17.0. The summed E-state index contributed by atoms with van der Waals surface area (Å²) in [6, 6.07) is 5.02. The Balaban J connectivity index is 1.38. The number of rotatable bonds is 6. The van der Waals surface area contributed by atoms with Crippen LogP contribution in [0.4, 0.5) is 11.4 Å².